The van der Waals surface area contributed by atoms with Gasteiger partial charge in [-0.05, 0) is 80.4 Å². The molecule has 0 saturated heterocycles. The molecule has 0 fully saturated rings. The minimum atomic E-state index is -3.18. The van der Waals surface area contributed by atoms with Gasteiger partial charge in [-0.1, -0.05) is 42.5 Å². The Hall–Kier alpha value is -2.09. The number of hydrogen-bond donors (Lipinski definition) is 1. The number of fused-ring (bicyclic) bond motifs is 3. The number of nitrogens with one attached hydrogen (secondary N) is 1. The highest BCUT2D eigenvalue weighted by Gasteiger charge is 2.38. The Kier molecular flexibility index (Phi) is 8.87. The summed E-state index contributed by atoms with van der Waals surface area (Å²) in [5.41, 5.74) is 4.57. The van der Waals surface area contributed by atoms with Crippen molar-refractivity contribution < 1.29 is 18.5 Å². The second-order valence-electron chi connectivity index (χ2n) is 8.44. The summed E-state index contributed by atoms with van der Waals surface area (Å²) >= 11 is 13.8. The summed E-state index contributed by atoms with van der Waals surface area (Å²) in [6.45, 7) is 6.68. The van der Waals surface area contributed by atoms with Crippen LogP contribution >= 0.6 is 38.5 Å². The molecule has 1 heterocycles. The van der Waals surface area contributed by atoms with Gasteiger partial charge in [0.05, 0.1) is 14.2 Å². The average molecular weight is 665 g/mol. The van der Waals surface area contributed by atoms with Crippen LogP contribution in [0, 0.1) is 0 Å². The van der Waals surface area contributed by atoms with Gasteiger partial charge in [-0.15, -0.1) is 13.2 Å². The zero-order valence-electron chi connectivity index (χ0n) is 20.8. The normalized spacial score (nSPS) is 14.2. The summed E-state index contributed by atoms with van der Waals surface area (Å²) in [6, 6.07) is 13.8. The standard InChI is InChI=1S/C28H28Br2NO4PS/c1-6-11-19-15-21(32-4)27-23(25(19)29)24-26(30)20(12-7-2)16-22(33-5)28(24)35-36(37,34-27)31-17(3)18-13-9-8-10-14-18/h6-10,13-17H,1-2,11-12H2,3-5H3,(H,31,37). The molecule has 1 N–H and O–H groups in total. The molecule has 1 unspecified atom stereocenters. The molecule has 0 amide bonds. The summed E-state index contributed by atoms with van der Waals surface area (Å²) < 4.78 is 26.6. The molecule has 1 aliphatic rings. The van der Waals surface area contributed by atoms with Crippen molar-refractivity contribution in [1.29, 1.82) is 0 Å². The van der Waals surface area contributed by atoms with E-state index in [0.29, 0.717) is 35.8 Å². The Morgan fingerprint density at radius 3 is 1.78 bits per heavy atom. The number of rotatable bonds is 9. The van der Waals surface area contributed by atoms with Crippen molar-refractivity contribution in [2.75, 3.05) is 14.2 Å². The van der Waals surface area contributed by atoms with E-state index in [4.69, 9.17) is 30.3 Å². The molecule has 4 rings (SSSR count). The number of halogens is 2. The SMILES string of the molecule is C=CCc1cc(OC)c2c(c1Br)-c1c(Br)c(CC=C)cc(OC)c1OP(=S)(NC(C)c1ccccc1)O2. The van der Waals surface area contributed by atoms with Gasteiger partial charge >= 0.3 is 6.64 Å². The highest BCUT2D eigenvalue weighted by atomic mass is 79.9. The zero-order valence-corrected chi connectivity index (χ0v) is 25.7. The van der Waals surface area contributed by atoms with Gasteiger partial charge in [0.25, 0.3) is 0 Å². The molecular formula is C28H28Br2NO4PS. The summed E-state index contributed by atoms with van der Waals surface area (Å²) in [4.78, 5) is 0. The largest absolute Gasteiger partial charge is 0.493 e. The molecule has 37 heavy (non-hydrogen) atoms. The second kappa shape index (κ2) is 11.7. The average Bonchev–Trinajstić information content (AvgIpc) is 3.02. The van der Waals surface area contributed by atoms with Gasteiger partial charge in [-0.3, -0.25) is 0 Å². The minimum Gasteiger partial charge on any atom is -0.493 e. The lowest BCUT2D eigenvalue weighted by Crippen LogP contribution is -2.21. The first-order valence-electron chi connectivity index (χ1n) is 11.6. The van der Waals surface area contributed by atoms with E-state index in [-0.39, 0.29) is 6.04 Å². The molecule has 0 spiro atoms. The lowest BCUT2D eigenvalue weighted by Gasteiger charge is -2.27. The molecule has 0 radical (unpaired) electrons. The number of hydrogen-bond acceptors (Lipinski definition) is 5. The van der Waals surface area contributed by atoms with Gasteiger partial charge in [0.1, 0.15) is 0 Å². The number of benzene rings is 3. The molecule has 3 aromatic carbocycles. The Labute approximate surface area is 240 Å². The predicted molar refractivity (Wildman–Crippen MR) is 162 cm³/mol. The third kappa shape index (κ3) is 5.55. The monoisotopic (exact) mass is 663 g/mol. The van der Waals surface area contributed by atoms with Crippen LogP contribution in [0.25, 0.3) is 11.1 Å². The van der Waals surface area contributed by atoms with Gasteiger partial charge in [0.15, 0.2) is 23.0 Å². The van der Waals surface area contributed by atoms with Crippen molar-refractivity contribution in [3.8, 4) is 34.1 Å². The van der Waals surface area contributed by atoms with E-state index in [2.05, 4.69) is 50.1 Å². The fourth-order valence-electron chi connectivity index (χ4n) is 4.25. The van der Waals surface area contributed by atoms with Gasteiger partial charge < -0.3 is 18.5 Å². The third-order valence-electron chi connectivity index (χ3n) is 6.01. The van der Waals surface area contributed by atoms with Crippen LogP contribution in [-0.4, -0.2) is 14.2 Å². The van der Waals surface area contributed by atoms with Crippen molar-refractivity contribution >= 4 is 50.3 Å². The molecule has 3 aromatic rings. The van der Waals surface area contributed by atoms with E-state index in [9.17, 15) is 0 Å². The molecule has 1 atom stereocenters. The van der Waals surface area contributed by atoms with Gasteiger partial charge in [-0.2, -0.15) is 0 Å². The molecule has 5 nitrogen and oxygen atoms in total. The maximum Gasteiger partial charge on any atom is 0.366 e. The van der Waals surface area contributed by atoms with Crippen molar-refractivity contribution in [2.24, 2.45) is 0 Å². The van der Waals surface area contributed by atoms with Gasteiger partial charge in [0.2, 0.25) is 0 Å². The van der Waals surface area contributed by atoms with Gasteiger partial charge in [-0.25, -0.2) is 5.09 Å². The van der Waals surface area contributed by atoms with Crippen molar-refractivity contribution in [2.45, 2.75) is 25.8 Å². The van der Waals surface area contributed by atoms with Crippen LogP contribution in [0.5, 0.6) is 23.0 Å². The van der Waals surface area contributed by atoms with E-state index in [1.165, 1.54) is 0 Å². The maximum atomic E-state index is 6.62. The lowest BCUT2D eigenvalue weighted by atomic mass is 9.96. The van der Waals surface area contributed by atoms with Crippen LogP contribution in [0.15, 0.2) is 76.7 Å². The van der Waals surface area contributed by atoms with E-state index < -0.39 is 6.64 Å². The third-order valence-corrected chi connectivity index (χ3v) is 10.1. The van der Waals surface area contributed by atoms with E-state index in [0.717, 1.165) is 36.8 Å². The van der Waals surface area contributed by atoms with Crippen LogP contribution < -0.4 is 23.6 Å². The molecular weight excluding hydrogens is 637 g/mol. The first kappa shape index (κ1) is 27.9. The molecule has 0 aromatic heterocycles. The Balaban J connectivity index is 2.03. The summed E-state index contributed by atoms with van der Waals surface area (Å²) in [5, 5.41) is 3.46. The van der Waals surface area contributed by atoms with Crippen LogP contribution in [0.2, 0.25) is 0 Å². The van der Waals surface area contributed by atoms with E-state index in [1.807, 2.05) is 61.5 Å². The Morgan fingerprint density at radius 2 is 1.38 bits per heavy atom. The topological polar surface area (TPSA) is 49.0 Å². The van der Waals surface area contributed by atoms with E-state index in [1.54, 1.807) is 14.2 Å². The highest BCUT2D eigenvalue weighted by Crippen LogP contribution is 2.63. The fourth-order valence-corrected chi connectivity index (χ4v) is 8.09. The molecule has 0 aliphatic carbocycles. The van der Waals surface area contributed by atoms with E-state index >= 15 is 0 Å². The molecule has 0 saturated carbocycles. The predicted octanol–water partition coefficient (Wildman–Crippen LogP) is 8.70. The summed E-state index contributed by atoms with van der Waals surface area (Å²) in [6.07, 6.45) is 4.94. The van der Waals surface area contributed by atoms with Crippen LogP contribution in [0.1, 0.15) is 29.7 Å². The van der Waals surface area contributed by atoms with Crippen LogP contribution in [0.3, 0.4) is 0 Å². The molecule has 0 bridgehead atoms. The smallest absolute Gasteiger partial charge is 0.366 e. The van der Waals surface area contributed by atoms with Crippen molar-refractivity contribution in [1.82, 2.24) is 5.09 Å². The van der Waals surface area contributed by atoms with Gasteiger partial charge in [0, 0.05) is 37.9 Å². The molecule has 1 aliphatic heterocycles. The summed E-state index contributed by atoms with van der Waals surface area (Å²) in [5.74, 6) is 2.09. The van der Waals surface area contributed by atoms with Crippen molar-refractivity contribution in [3.05, 3.63) is 93.4 Å². The van der Waals surface area contributed by atoms with Crippen LogP contribution in [0.4, 0.5) is 0 Å². The van der Waals surface area contributed by atoms with Crippen molar-refractivity contribution in [3.63, 3.8) is 0 Å². The molecule has 194 valence electrons. The van der Waals surface area contributed by atoms with Crippen LogP contribution in [-0.2, 0) is 24.6 Å². The number of methoxy groups -OCH3 is 2. The second-order valence-corrected chi connectivity index (χ2v) is 13.1. The maximum absolute atomic E-state index is 6.62. The summed E-state index contributed by atoms with van der Waals surface area (Å²) in [7, 11) is 3.23. The Morgan fingerprint density at radius 1 is 0.919 bits per heavy atom. The highest BCUT2D eigenvalue weighted by molar-refractivity contribution is 9.11. The quantitative estimate of drug-likeness (QED) is 0.182. The fraction of sp³-hybridized carbons (Fsp3) is 0.214. The Bertz CT molecular complexity index is 1320. The number of allylic oxidation sites excluding steroid dienone is 2. The first-order chi connectivity index (χ1) is 17.8. The molecule has 9 heteroatoms. The lowest BCUT2D eigenvalue weighted by molar-refractivity contribution is 0.377. The first-order valence-corrected chi connectivity index (χ1v) is 15.8. The minimum absolute atomic E-state index is 0.138. The number of ether oxygens (including phenoxy) is 2. The zero-order chi connectivity index (χ0) is 26.7.